The maximum absolute atomic E-state index is 6.49. The minimum atomic E-state index is 0.435. The molecule has 3 heterocycles. The van der Waals surface area contributed by atoms with Crippen molar-refractivity contribution in [2.45, 2.75) is 19.8 Å². The molecule has 4 aromatic rings. The van der Waals surface area contributed by atoms with Crippen molar-refractivity contribution in [3.63, 3.8) is 0 Å². The highest BCUT2D eigenvalue weighted by atomic mass is 16.5. The van der Waals surface area contributed by atoms with Crippen LogP contribution in [-0.2, 0) is 19.8 Å². The lowest BCUT2D eigenvalue weighted by Gasteiger charge is -2.34. The second-order valence-corrected chi connectivity index (χ2v) is 9.05. The molecule has 3 aliphatic rings. The molecule has 0 amide bonds. The van der Waals surface area contributed by atoms with Crippen molar-refractivity contribution in [3.8, 4) is 67.9 Å². The van der Waals surface area contributed by atoms with Gasteiger partial charge in [0.25, 0.3) is 0 Å². The molecule has 0 N–H and O–H groups in total. The lowest BCUT2D eigenvalue weighted by molar-refractivity contribution is 0.268. The van der Waals surface area contributed by atoms with Gasteiger partial charge in [0, 0.05) is 16.7 Å². The number of fused-ring (bicyclic) bond motifs is 12. The quantitative estimate of drug-likeness (QED) is 0.339. The van der Waals surface area contributed by atoms with Crippen LogP contribution in [-0.4, -0.2) is 21.3 Å². The van der Waals surface area contributed by atoms with Gasteiger partial charge in [-0.1, -0.05) is 18.2 Å². The fraction of sp³-hybridized carbons (Fsp3) is 0.200. The Morgan fingerprint density at radius 2 is 0.778 bits per heavy atom. The molecule has 6 nitrogen and oxygen atoms in total. The van der Waals surface area contributed by atoms with Crippen LogP contribution in [0.4, 0.5) is 0 Å². The molecule has 0 aliphatic carbocycles. The van der Waals surface area contributed by atoms with Crippen molar-refractivity contribution in [2.75, 3.05) is 21.3 Å². The molecule has 7 rings (SSSR count). The lowest BCUT2D eigenvalue weighted by atomic mass is 9.83. The fourth-order valence-corrected chi connectivity index (χ4v) is 5.48. The van der Waals surface area contributed by atoms with E-state index in [4.69, 9.17) is 28.4 Å². The summed E-state index contributed by atoms with van der Waals surface area (Å²) in [4.78, 5) is 0. The molecule has 0 atom stereocenters. The molecule has 0 aromatic heterocycles. The summed E-state index contributed by atoms with van der Waals surface area (Å²) in [7, 11) is 5.03. The first-order chi connectivity index (χ1) is 17.7. The van der Waals surface area contributed by atoms with Crippen molar-refractivity contribution in [1.82, 2.24) is 0 Å². The van der Waals surface area contributed by atoms with Crippen LogP contribution in [0.25, 0.3) is 33.4 Å². The summed E-state index contributed by atoms with van der Waals surface area (Å²) in [6, 6.07) is 18.3. The number of hydrogen-bond donors (Lipinski definition) is 0. The Morgan fingerprint density at radius 3 is 1.06 bits per heavy atom. The van der Waals surface area contributed by atoms with Crippen LogP contribution in [0.5, 0.6) is 34.5 Å². The summed E-state index contributed by atoms with van der Waals surface area (Å²) < 4.78 is 35.9. The summed E-state index contributed by atoms with van der Waals surface area (Å²) >= 11 is 0. The van der Waals surface area contributed by atoms with Crippen molar-refractivity contribution in [1.29, 1.82) is 0 Å². The van der Waals surface area contributed by atoms with Gasteiger partial charge in [0.1, 0.15) is 54.3 Å². The Morgan fingerprint density at radius 1 is 0.472 bits per heavy atom. The highest BCUT2D eigenvalue weighted by molar-refractivity contribution is 6.02. The van der Waals surface area contributed by atoms with Crippen LogP contribution in [0.15, 0.2) is 54.6 Å². The zero-order valence-corrected chi connectivity index (χ0v) is 20.3. The van der Waals surface area contributed by atoms with Gasteiger partial charge in [-0.25, -0.2) is 0 Å². The minimum Gasteiger partial charge on any atom is -0.497 e. The summed E-state index contributed by atoms with van der Waals surface area (Å²) in [6.07, 6.45) is 0. The largest absolute Gasteiger partial charge is 0.497 e. The molecule has 0 saturated heterocycles. The van der Waals surface area contributed by atoms with Crippen LogP contribution in [0.1, 0.15) is 16.7 Å². The Kier molecular flexibility index (Phi) is 4.58. The van der Waals surface area contributed by atoms with Gasteiger partial charge in [-0.15, -0.1) is 0 Å². The van der Waals surface area contributed by atoms with Crippen LogP contribution in [0.3, 0.4) is 0 Å². The third-order valence-corrected chi connectivity index (χ3v) is 7.22. The van der Waals surface area contributed by atoms with E-state index in [1.54, 1.807) is 21.3 Å². The molecule has 0 fully saturated rings. The maximum Gasteiger partial charge on any atom is 0.143 e. The molecular weight excluding hydrogens is 456 g/mol. The van der Waals surface area contributed by atoms with Gasteiger partial charge in [-0.2, -0.15) is 0 Å². The number of methoxy groups -OCH3 is 3. The van der Waals surface area contributed by atoms with E-state index >= 15 is 0 Å². The number of benzene rings is 4. The van der Waals surface area contributed by atoms with Crippen molar-refractivity contribution < 1.29 is 28.4 Å². The highest BCUT2D eigenvalue weighted by Gasteiger charge is 2.37. The monoisotopic (exact) mass is 480 g/mol. The molecule has 36 heavy (non-hydrogen) atoms. The third-order valence-electron chi connectivity index (χ3n) is 7.22. The smallest absolute Gasteiger partial charge is 0.143 e. The first-order valence-electron chi connectivity index (χ1n) is 11.8. The molecule has 180 valence electrons. The average molecular weight is 481 g/mol. The van der Waals surface area contributed by atoms with Gasteiger partial charge in [-0.05, 0) is 53.1 Å². The third kappa shape index (κ3) is 2.90. The highest BCUT2D eigenvalue weighted by Crippen LogP contribution is 2.62. The Hall–Kier alpha value is -4.32. The van der Waals surface area contributed by atoms with Crippen LogP contribution >= 0.6 is 0 Å². The predicted octanol–water partition coefficient (Wildman–Crippen LogP) is 6.39. The van der Waals surface area contributed by atoms with Gasteiger partial charge >= 0.3 is 0 Å². The van der Waals surface area contributed by atoms with Gasteiger partial charge in [-0.3, -0.25) is 0 Å². The molecule has 0 unspecified atom stereocenters. The maximum atomic E-state index is 6.49. The number of ether oxygens (including phenoxy) is 6. The Balaban J connectivity index is 1.57. The van der Waals surface area contributed by atoms with Gasteiger partial charge in [0.15, 0.2) is 0 Å². The summed E-state index contributed by atoms with van der Waals surface area (Å²) in [6.45, 7) is 1.30. The molecule has 6 heteroatoms. The topological polar surface area (TPSA) is 55.4 Å². The second kappa shape index (κ2) is 7.85. The fourth-order valence-electron chi connectivity index (χ4n) is 5.48. The van der Waals surface area contributed by atoms with E-state index in [2.05, 4.69) is 18.2 Å². The summed E-state index contributed by atoms with van der Waals surface area (Å²) in [5.41, 5.74) is 9.24. The van der Waals surface area contributed by atoms with E-state index < -0.39 is 0 Å². The standard InChI is InChI=1S/C30H24O6/c1-31-19-4-7-22-16(10-19)13-34-28-25(22)29-27(24-9-6-21(33-3)11-17(24)14-35-29)30-26(28)23-8-5-20(32-2)12-18(23)15-36-30/h4-12H,13-15H2,1-3H3. The van der Waals surface area contributed by atoms with Crippen molar-refractivity contribution >= 4 is 0 Å². The van der Waals surface area contributed by atoms with Gasteiger partial charge in [0.2, 0.25) is 0 Å². The summed E-state index contributed by atoms with van der Waals surface area (Å²) in [5.74, 6) is 4.74. The van der Waals surface area contributed by atoms with Crippen LogP contribution in [0.2, 0.25) is 0 Å². The molecular formula is C30H24O6. The molecule has 4 aromatic carbocycles. The zero-order chi connectivity index (χ0) is 24.4. The van der Waals surface area contributed by atoms with Crippen molar-refractivity contribution in [3.05, 3.63) is 71.3 Å². The molecule has 0 bridgehead atoms. The lowest BCUT2D eigenvalue weighted by Crippen LogP contribution is -2.16. The van der Waals surface area contributed by atoms with Crippen LogP contribution < -0.4 is 28.4 Å². The number of hydrogen-bond acceptors (Lipinski definition) is 6. The minimum absolute atomic E-state index is 0.435. The predicted molar refractivity (Wildman–Crippen MR) is 135 cm³/mol. The van der Waals surface area contributed by atoms with Gasteiger partial charge in [0.05, 0.1) is 38.0 Å². The van der Waals surface area contributed by atoms with E-state index in [-0.39, 0.29) is 0 Å². The number of rotatable bonds is 3. The SMILES string of the molecule is COc1ccc2c(c1)COc1c-2c2c(c3c1-c1ccc(OC)cc1CO3)-c1ccc(OC)cc1CO2. The molecule has 0 saturated carbocycles. The first kappa shape index (κ1) is 21.0. The van der Waals surface area contributed by atoms with Gasteiger partial charge < -0.3 is 28.4 Å². The van der Waals surface area contributed by atoms with E-state index in [1.807, 2.05) is 36.4 Å². The molecule has 0 radical (unpaired) electrons. The normalized spacial score (nSPS) is 13.8. The molecule has 3 aliphatic heterocycles. The molecule has 0 spiro atoms. The van der Waals surface area contributed by atoms with E-state index in [9.17, 15) is 0 Å². The first-order valence-corrected chi connectivity index (χ1v) is 11.8. The average Bonchev–Trinajstić information content (AvgIpc) is 2.94. The Labute approximate surface area is 208 Å². The Bertz CT molecular complexity index is 1350. The van der Waals surface area contributed by atoms with Crippen LogP contribution in [0, 0.1) is 0 Å². The van der Waals surface area contributed by atoms with E-state index in [0.717, 1.165) is 84.6 Å². The zero-order valence-electron chi connectivity index (χ0n) is 20.3. The van der Waals surface area contributed by atoms with Crippen molar-refractivity contribution in [2.24, 2.45) is 0 Å². The summed E-state index contributed by atoms with van der Waals surface area (Å²) in [5, 5.41) is 0. The second-order valence-electron chi connectivity index (χ2n) is 9.05. The van der Waals surface area contributed by atoms with E-state index in [0.29, 0.717) is 19.8 Å². The van der Waals surface area contributed by atoms with E-state index in [1.165, 1.54) is 0 Å².